The van der Waals surface area contributed by atoms with Crippen molar-refractivity contribution in [3.63, 3.8) is 0 Å². The summed E-state index contributed by atoms with van der Waals surface area (Å²) in [6.07, 6.45) is 3.32. The van der Waals surface area contributed by atoms with E-state index in [1.165, 1.54) is 6.20 Å². The van der Waals surface area contributed by atoms with Crippen molar-refractivity contribution >= 4 is 24.2 Å². The molecule has 1 saturated heterocycles. The lowest BCUT2D eigenvalue weighted by Gasteiger charge is -2.45. The Morgan fingerprint density at radius 2 is 1.83 bits per heavy atom. The number of allylic oxidation sites excluding steroid dienone is 1. The number of hydrogen-bond donors (Lipinski definition) is 1. The number of nitrogens with one attached hydrogen (secondary N) is 1. The predicted molar refractivity (Wildman–Crippen MR) is 99.0 cm³/mol. The van der Waals surface area contributed by atoms with Crippen LogP contribution in [0.25, 0.3) is 0 Å². The Balaban J connectivity index is 2.83. The highest BCUT2D eigenvalue weighted by atomic mass is 35.5. The summed E-state index contributed by atoms with van der Waals surface area (Å²) in [6, 6.07) is 0. The van der Waals surface area contributed by atoms with Crippen LogP contribution in [0, 0.1) is 0 Å². The van der Waals surface area contributed by atoms with Crippen LogP contribution in [-0.2, 0) is 4.79 Å². The standard InChI is InChI=1S/C18H30ClN3O/c1-13(14(2)19)15(12-20-7)16(23)21-18(6)8-10-22(11-9-18)17(3,4)5/h12H,7-11H2,1-6H3,(H,21,23)/b14-13+,15-12+. The van der Waals surface area contributed by atoms with E-state index < -0.39 is 0 Å². The fourth-order valence-corrected chi connectivity index (χ4v) is 2.84. The second-order valence-electron chi connectivity index (χ2n) is 7.56. The van der Waals surface area contributed by atoms with Crippen molar-refractivity contribution in [3.05, 3.63) is 22.4 Å². The average Bonchev–Trinajstić information content (AvgIpc) is 2.42. The number of carbonyl (C=O) groups excluding carboxylic acids is 1. The Labute approximate surface area is 145 Å². The zero-order valence-electron chi connectivity index (χ0n) is 15.3. The smallest absolute Gasteiger partial charge is 0.253 e. The maximum atomic E-state index is 12.7. The van der Waals surface area contributed by atoms with Crippen LogP contribution in [0.4, 0.5) is 0 Å². The first kappa shape index (κ1) is 19.9. The van der Waals surface area contributed by atoms with Gasteiger partial charge < -0.3 is 5.32 Å². The third kappa shape index (κ3) is 5.47. The monoisotopic (exact) mass is 339 g/mol. The molecule has 0 aromatic rings. The summed E-state index contributed by atoms with van der Waals surface area (Å²) in [6.45, 7) is 17.8. The van der Waals surface area contributed by atoms with E-state index in [-0.39, 0.29) is 17.0 Å². The van der Waals surface area contributed by atoms with Crippen molar-refractivity contribution in [3.8, 4) is 0 Å². The Morgan fingerprint density at radius 1 is 1.30 bits per heavy atom. The van der Waals surface area contributed by atoms with Crippen LogP contribution in [0.1, 0.15) is 54.4 Å². The zero-order chi connectivity index (χ0) is 17.8. The topological polar surface area (TPSA) is 44.7 Å². The largest absolute Gasteiger partial charge is 0.347 e. The second kappa shape index (κ2) is 7.63. The normalized spacial score (nSPS) is 20.7. The summed E-state index contributed by atoms with van der Waals surface area (Å²) in [5.41, 5.74) is 1.16. The third-order valence-corrected chi connectivity index (χ3v) is 4.90. The zero-order valence-corrected chi connectivity index (χ0v) is 16.0. The van der Waals surface area contributed by atoms with Crippen molar-refractivity contribution in [2.45, 2.75) is 65.5 Å². The summed E-state index contributed by atoms with van der Waals surface area (Å²) < 4.78 is 0. The minimum Gasteiger partial charge on any atom is -0.347 e. The van der Waals surface area contributed by atoms with Gasteiger partial charge in [0.05, 0.1) is 5.57 Å². The van der Waals surface area contributed by atoms with Crippen LogP contribution < -0.4 is 5.32 Å². The number of likely N-dealkylation sites (tertiary alicyclic amines) is 1. The molecule has 1 aliphatic rings. The molecule has 0 atom stereocenters. The van der Waals surface area contributed by atoms with Gasteiger partial charge in [-0.3, -0.25) is 14.7 Å². The van der Waals surface area contributed by atoms with Crippen LogP contribution in [0.5, 0.6) is 0 Å². The summed E-state index contributed by atoms with van der Waals surface area (Å²) in [5.74, 6) is -0.137. The van der Waals surface area contributed by atoms with Crippen LogP contribution >= 0.6 is 11.6 Å². The number of carbonyl (C=O) groups is 1. The molecular weight excluding hydrogens is 310 g/mol. The second-order valence-corrected chi connectivity index (χ2v) is 8.12. The number of piperidine rings is 1. The quantitative estimate of drug-likeness (QED) is 0.480. The maximum absolute atomic E-state index is 12.7. The number of rotatable bonds is 4. The van der Waals surface area contributed by atoms with E-state index in [4.69, 9.17) is 11.6 Å². The third-order valence-electron chi connectivity index (χ3n) is 4.62. The van der Waals surface area contributed by atoms with E-state index >= 15 is 0 Å². The lowest BCUT2D eigenvalue weighted by Crippen LogP contribution is -2.57. The van der Waals surface area contributed by atoms with E-state index in [1.807, 2.05) is 6.92 Å². The van der Waals surface area contributed by atoms with Gasteiger partial charge in [-0.25, -0.2) is 0 Å². The van der Waals surface area contributed by atoms with Crippen LogP contribution in [0.2, 0.25) is 0 Å². The fourth-order valence-electron chi connectivity index (χ4n) is 2.74. The Bertz CT molecular complexity index is 517. The van der Waals surface area contributed by atoms with Crippen molar-refractivity contribution in [1.82, 2.24) is 10.2 Å². The SMILES string of the molecule is C=N/C=C(C(=O)NC1(C)CCN(C(C)(C)C)CC1)\C(C)=C(/C)Cl. The molecule has 4 nitrogen and oxygen atoms in total. The van der Waals surface area contributed by atoms with E-state index in [2.05, 4.69) is 49.6 Å². The van der Waals surface area contributed by atoms with Gasteiger partial charge in [-0.15, -0.1) is 0 Å². The molecule has 130 valence electrons. The van der Waals surface area contributed by atoms with Gasteiger partial charge in [0, 0.05) is 35.4 Å². The molecule has 0 aromatic heterocycles. The van der Waals surface area contributed by atoms with E-state index in [9.17, 15) is 4.79 Å². The van der Waals surface area contributed by atoms with Crippen LogP contribution in [-0.4, -0.2) is 41.7 Å². The molecule has 1 amide bonds. The predicted octanol–water partition coefficient (Wildman–Crippen LogP) is 3.87. The molecule has 0 aliphatic carbocycles. The van der Waals surface area contributed by atoms with Crippen LogP contribution in [0.15, 0.2) is 27.4 Å². The molecule has 1 N–H and O–H groups in total. The maximum Gasteiger partial charge on any atom is 0.253 e. The lowest BCUT2D eigenvalue weighted by molar-refractivity contribution is -0.119. The van der Waals surface area contributed by atoms with Crippen molar-refractivity contribution in [2.75, 3.05) is 13.1 Å². The molecule has 1 fully saturated rings. The molecule has 0 saturated carbocycles. The highest BCUT2D eigenvalue weighted by Gasteiger charge is 2.35. The van der Waals surface area contributed by atoms with E-state index in [0.29, 0.717) is 10.6 Å². The fraction of sp³-hybridized carbons (Fsp3) is 0.667. The van der Waals surface area contributed by atoms with Gasteiger partial charge in [-0.05, 0) is 66.7 Å². The van der Waals surface area contributed by atoms with Crippen LogP contribution in [0.3, 0.4) is 0 Å². The number of aliphatic imine (C=N–C) groups is 1. The molecule has 1 rings (SSSR count). The van der Waals surface area contributed by atoms with Gasteiger partial charge in [-0.1, -0.05) is 11.6 Å². The molecule has 5 heteroatoms. The van der Waals surface area contributed by atoms with Gasteiger partial charge in [0.2, 0.25) is 0 Å². The van der Waals surface area contributed by atoms with Gasteiger partial charge in [0.1, 0.15) is 0 Å². The molecule has 1 aliphatic heterocycles. The minimum atomic E-state index is -0.209. The molecule has 0 spiro atoms. The first-order valence-corrected chi connectivity index (χ1v) is 8.45. The Morgan fingerprint density at radius 3 is 2.22 bits per heavy atom. The van der Waals surface area contributed by atoms with Crippen molar-refractivity contribution in [1.29, 1.82) is 0 Å². The molecule has 0 unspecified atom stereocenters. The number of halogens is 1. The average molecular weight is 340 g/mol. The minimum absolute atomic E-state index is 0.137. The Kier molecular flexibility index (Phi) is 6.60. The summed E-state index contributed by atoms with van der Waals surface area (Å²) in [7, 11) is 0. The summed E-state index contributed by atoms with van der Waals surface area (Å²) in [5, 5.41) is 3.76. The Hall–Kier alpha value is -1.13. The molecular formula is C18H30ClN3O. The van der Waals surface area contributed by atoms with Gasteiger partial charge in [0.15, 0.2) is 0 Å². The highest BCUT2D eigenvalue weighted by Crippen LogP contribution is 2.27. The number of hydrogen-bond acceptors (Lipinski definition) is 3. The van der Waals surface area contributed by atoms with Gasteiger partial charge in [-0.2, -0.15) is 0 Å². The molecule has 0 bridgehead atoms. The number of nitrogens with zero attached hydrogens (tertiary/aromatic N) is 2. The van der Waals surface area contributed by atoms with E-state index in [0.717, 1.165) is 31.5 Å². The molecule has 0 radical (unpaired) electrons. The molecule has 23 heavy (non-hydrogen) atoms. The summed E-state index contributed by atoms with van der Waals surface area (Å²) >= 11 is 6.04. The first-order valence-electron chi connectivity index (χ1n) is 8.07. The summed E-state index contributed by atoms with van der Waals surface area (Å²) in [4.78, 5) is 18.9. The first-order chi connectivity index (χ1) is 10.5. The molecule has 0 aromatic carbocycles. The highest BCUT2D eigenvalue weighted by molar-refractivity contribution is 6.30. The van der Waals surface area contributed by atoms with E-state index in [1.54, 1.807) is 6.92 Å². The van der Waals surface area contributed by atoms with Crippen molar-refractivity contribution in [2.24, 2.45) is 4.99 Å². The van der Waals surface area contributed by atoms with Gasteiger partial charge in [0.25, 0.3) is 5.91 Å². The molecule has 1 heterocycles. The van der Waals surface area contributed by atoms with Gasteiger partial charge >= 0.3 is 0 Å². The number of amides is 1. The lowest BCUT2D eigenvalue weighted by atomic mass is 9.87. The van der Waals surface area contributed by atoms with Crippen molar-refractivity contribution < 1.29 is 4.79 Å².